The maximum atomic E-state index is 10.8. The van der Waals surface area contributed by atoms with E-state index in [4.69, 9.17) is 15.3 Å². The number of aromatic nitrogens is 2. The number of carbonyl (C=O) groups is 2. The van der Waals surface area contributed by atoms with Crippen LogP contribution in [0.4, 0.5) is 0 Å². The van der Waals surface area contributed by atoms with E-state index < -0.39 is 0 Å². The normalized spacial score (nSPS) is 12.9. The number of likely N-dealkylation sites (tertiary alicyclic amines) is 1. The minimum absolute atomic E-state index is 0.171. The zero-order valence-corrected chi connectivity index (χ0v) is 22.0. The maximum absolute atomic E-state index is 10.8. The summed E-state index contributed by atoms with van der Waals surface area (Å²) in [6.07, 6.45) is 3.35. The molecule has 3 aromatic rings. The van der Waals surface area contributed by atoms with Gasteiger partial charge in [0.25, 0.3) is 0 Å². The number of piperidine rings is 1. The van der Waals surface area contributed by atoms with Crippen LogP contribution in [-0.2, 0) is 4.79 Å². The molecule has 1 aliphatic rings. The minimum atomic E-state index is 0.171. The molecule has 196 valence electrons. The van der Waals surface area contributed by atoms with Gasteiger partial charge in [-0.15, -0.1) is 0 Å². The van der Waals surface area contributed by atoms with E-state index in [-0.39, 0.29) is 5.92 Å². The van der Waals surface area contributed by atoms with Crippen LogP contribution in [0, 0.1) is 10.8 Å². The molecule has 0 atom stereocenters. The smallest absolute Gasteiger partial charge is 0.230 e. The lowest BCUT2D eigenvalue weighted by Gasteiger charge is -2.26. The quantitative estimate of drug-likeness (QED) is 0.318. The summed E-state index contributed by atoms with van der Waals surface area (Å²) in [5.41, 5.74) is 3.76. The highest BCUT2D eigenvalue weighted by molar-refractivity contribution is 6.09. The molecule has 0 saturated carbocycles. The highest BCUT2D eigenvalue weighted by Gasteiger charge is 2.25. The molecule has 1 saturated heterocycles. The number of nitrogens with zero attached hydrogens (tertiary/aromatic N) is 3. The molecule has 1 aliphatic heterocycles. The van der Waals surface area contributed by atoms with Crippen LogP contribution in [0.1, 0.15) is 66.9 Å². The van der Waals surface area contributed by atoms with Gasteiger partial charge in [0, 0.05) is 52.7 Å². The van der Waals surface area contributed by atoms with E-state index in [2.05, 4.69) is 22.4 Å². The summed E-state index contributed by atoms with van der Waals surface area (Å²) in [6.45, 7) is 7.96. The van der Waals surface area contributed by atoms with E-state index in [1.807, 2.05) is 43.4 Å². The predicted molar refractivity (Wildman–Crippen MR) is 146 cm³/mol. The highest BCUT2D eigenvalue weighted by Crippen LogP contribution is 2.28. The monoisotopic (exact) mass is 504 g/mol. The Labute approximate surface area is 218 Å². The van der Waals surface area contributed by atoms with Gasteiger partial charge in [-0.1, -0.05) is 54.5 Å². The SMILES string of the molecule is CC(=N)c1ccc(-c2noc(C3CCN(C=O)CC3)n2)cc1C(C)=N.CCNC.O=Cc1ccccc1. The number of hydrogen-bond donors (Lipinski definition) is 3. The molecular formula is C28H36N6O3. The number of aldehydes is 1. The topological polar surface area (TPSA) is 136 Å². The third-order valence-corrected chi connectivity index (χ3v) is 5.84. The molecule has 0 aliphatic carbocycles. The molecule has 4 rings (SSSR count). The molecule has 0 bridgehead atoms. The second-order valence-electron chi connectivity index (χ2n) is 8.62. The Balaban J connectivity index is 0.000000331. The summed E-state index contributed by atoms with van der Waals surface area (Å²) < 4.78 is 5.44. The molecule has 3 N–H and O–H groups in total. The van der Waals surface area contributed by atoms with Gasteiger partial charge in [-0.2, -0.15) is 4.98 Å². The summed E-state index contributed by atoms with van der Waals surface area (Å²) in [6, 6.07) is 14.6. The molecular weight excluding hydrogens is 468 g/mol. The van der Waals surface area contributed by atoms with Gasteiger partial charge >= 0.3 is 0 Å². The molecule has 2 heterocycles. The molecule has 1 fully saturated rings. The first-order valence-electron chi connectivity index (χ1n) is 12.3. The first-order chi connectivity index (χ1) is 17.8. The minimum Gasteiger partial charge on any atom is -0.345 e. The Morgan fingerprint density at radius 2 is 1.68 bits per heavy atom. The Kier molecular flexibility index (Phi) is 12.0. The van der Waals surface area contributed by atoms with Crippen molar-refractivity contribution >= 4 is 24.1 Å². The van der Waals surface area contributed by atoms with Crippen molar-refractivity contribution in [2.45, 2.75) is 39.5 Å². The Hall–Kier alpha value is -3.98. The summed E-state index contributed by atoms with van der Waals surface area (Å²) in [7, 11) is 1.93. The maximum Gasteiger partial charge on any atom is 0.230 e. The zero-order valence-electron chi connectivity index (χ0n) is 22.0. The fraction of sp³-hybridized carbons (Fsp3) is 0.357. The second kappa shape index (κ2) is 15.2. The number of carbonyl (C=O) groups excluding carboxylic acids is 2. The average Bonchev–Trinajstić information content (AvgIpc) is 3.44. The lowest BCUT2D eigenvalue weighted by atomic mass is 9.96. The van der Waals surface area contributed by atoms with Gasteiger partial charge in [-0.25, -0.2) is 0 Å². The number of benzene rings is 2. The summed E-state index contributed by atoms with van der Waals surface area (Å²) in [4.78, 5) is 27.1. The summed E-state index contributed by atoms with van der Waals surface area (Å²) in [5, 5.41) is 22.8. The fourth-order valence-electron chi connectivity index (χ4n) is 3.62. The van der Waals surface area contributed by atoms with Crippen LogP contribution in [0.3, 0.4) is 0 Å². The van der Waals surface area contributed by atoms with Crippen molar-refractivity contribution in [3.63, 3.8) is 0 Å². The molecule has 0 spiro atoms. The van der Waals surface area contributed by atoms with Gasteiger partial charge in [0.1, 0.15) is 6.29 Å². The second-order valence-corrected chi connectivity index (χ2v) is 8.62. The molecule has 0 radical (unpaired) electrons. The van der Waals surface area contributed by atoms with Crippen molar-refractivity contribution in [3.8, 4) is 11.4 Å². The van der Waals surface area contributed by atoms with Crippen molar-refractivity contribution in [1.29, 1.82) is 10.8 Å². The molecule has 9 nitrogen and oxygen atoms in total. The summed E-state index contributed by atoms with van der Waals surface area (Å²) >= 11 is 0. The van der Waals surface area contributed by atoms with Gasteiger partial charge < -0.3 is 25.6 Å². The van der Waals surface area contributed by atoms with E-state index in [0.717, 1.165) is 48.8 Å². The number of nitrogens with one attached hydrogen (secondary N) is 3. The van der Waals surface area contributed by atoms with E-state index >= 15 is 0 Å². The molecule has 2 aromatic carbocycles. The van der Waals surface area contributed by atoms with Crippen LogP contribution in [0.5, 0.6) is 0 Å². The molecule has 37 heavy (non-hydrogen) atoms. The van der Waals surface area contributed by atoms with Crippen LogP contribution in [0.15, 0.2) is 53.1 Å². The van der Waals surface area contributed by atoms with Crippen molar-refractivity contribution in [1.82, 2.24) is 20.4 Å². The molecule has 1 amide bonds. The van der Waals surface area contributed by atoms with Gasteiger partial charge in [0.05, 0.1) is 0 Å². The number of amides is 1. The largest absolute Gasteiger partial charge is 0.345 e. The van der Waals surface area contributed by atoms with Crippen LogP contribution < -0.4 is 5.32 Å². The fourth-order valence-corrected chi connectivity index (χ4v) is 3.62. The van der Waals surface area contributed by atoms with Gasteiger partial charge in [-0.3, -0.25) is 9.59 Å². The van der Waals surface area contributed by atoms with Crippen molar-refractivity contribution < 1.29 is 14.1 Å². The highest BCUT2D eigenvalue weighted by atomic mass is 16.5. The van der Waals surface area contributed by atoms with Crippen LogP contribution in [-0.4, -0.2) is 65.8 Å². The standard InChI is InChI=1S/C18H21N5O2.C7H6O.C3H9N/c1-11(19)15-4-3-14(9-16(15)12(2)20)17-21-18(25-22-17)13-5-7-23(10-24)8-6-13;8-6-7-4-2-1-3-5-7;1-3-4-2/h3-4,9-10,13,19-20H,5-8H2,1-2H3;1-6H;4H,3H2,1-2H3. The van der Waals surface area contributed by atoms with Gasteiger partial charge in [0.15, 0.2) is 0 Å². The molecule has 9 heteroatoms. The Bertz CT molecular complexity index is 1170. The first-order valence-corrected chi connectivity index (χ1v) is 12.3. The van der Waals surface area contributed by atoms with Gasteiger partial charge in [0.2, 0.25) is 18.1 Å². The lowest BCUT2D eigenvalue weighted by Crippen LogP contribution is -2.31. The summed E-state index contributed by atoms with van der Waals surface area (Å²) in [5.74, 6) is 1.26. The third-order valence-electron chi connectivity index (χ3n) is 5.84. The lowest BCUT2D eigenvalue weighted by molar-refractivity contribution is -0.119. The van der Waals surface area contributed by atoms with Crippen molar-refractivity contribution in [2.24, 2.45) is 0 Å². The van der Waals surface area contributed by atoms with E-state index in [9.17, 15) is 9.59 Å². The van der Waals surface area contributed by atoms with Crippen molar-refractivity contribution in [3.05, 3.63) is 71.1 Å². The first kappa shape index (κ1) is 29.3. The Morgan fingerprint density at radius 1 is 1.05 bits per heavy atom. The number of rotatable bonds is 7. The van der Waals surface area contributed by atoms with Crippen LogP contribution in [0.2, 0.25) is 0 Å². The Morgan fingerprint density at radius 3 is 2.16 bits per heavy atom. The molecule has 1 aromatic heterocycles. The van der Waals surface area contributed by atoms with E-state index in [1.165, 1.54) is 0 Å². The predicted octanol–water partition coefficient (Wildman–Crippen LogP) is 4.57. The van der Waals surface area contributed by atoms with E-state index in [1.54, 1.807) is 30.9 Å². The van der Waals surface area contributed by atoms with Crippen LogP contribution >= 0.6 is 0 Å². The average molecular weight is 505 g/mol. The van der Waals surface area contributed by atoms with Crippen molar-refractivity contribution in [2.75, 3.05) is 26.7 Å². The number of hydrogen-bond acceptors (Lipinski definition) is 8. The zero-order chi connectivity index (χ0) is 27.2. The third kappa shape index (κ3) is 8.88. The van der Waals surface area contributed by atoms with E-state index in [0.29, 0.717) is 41.8 Å². The van der Waals surface area contributed by atoms with Gasteiger partial charge in [-0.05, 0) is 46.3 Å². The molecule has 0 unspecified atom stereocenters. The van der Waals surface area contributed by atoms with Crippen LogP contribution in [0.25, 0.3) is 11.4 Å².